The van der Waals surface area contributed by atoms with Gasteiger partial charge in [0.2, 0.25) is 0 Å². The molecule has 0 saturated carbocycles. The highest BCUT2D eigenvalue weighted by molar-refractivity contribution is 7.86. The molecule has 33 heavy (non-hydrogen) atoms. The summed E-state index contributed by atoms with van der Waals surface area (Å²) in [6.07, 6.45) is 4.96. The van der Waals surface area contributed by atoms with Crippen molar-refractivity contribution in [3.8, 4) is 5.75 Å². The molecule has 3 aromatic rings. The molecule has 3 N–H and O–H groups in total. The van der Waals surface area contributed by atoms with Crippen LogP contribution in [0.2, 0.25) is 0 Å². The summed E-state index contributed by atoms with van der Waals surface area (Å²) in [5, 5.41) is 16.2. The van der Waals surface area contributed by atoms with E-state index in [1.54, 1.807) is 48.5 Å². The highest BCUT2D eigenvalue weighted by Crippen LogP contribution is 2.40. The van der Waals surface area contributed by atoms with Crippen LogP contribution in [0.15, 0.2) is 97.2 Å². The zero-order valence-electron chi connectivity index (χ0n) is 17.4. The van der Waals surface area contributed by atoms with Crippen LogP contribution in [0, 0.1) is 0 Å². The Morgan fingerprint density at radius 1 is 1.03 bits per heavy atom. The Labute approximate surface area is 190 Å². The molecule has 0 unspecified atom stereocenters. The zero-order valence-corrected chi connectivity index (χ0v) is 18.2. The van der Waals surface area contributed by atoms with E-state index in [9.17, 15) is 13.0 Å². The van der Waals surface area contributed by atoms with Crippen LogP contribution in [0.5, 0.6) is 5.75 Å². The Bertz CT molecular complexity index is 1400. The van der Waals surface area contributed by atoms with Crippen molar-refractivity contribution in [2.24, 2.45) is 31.4 Å². The molecule has 10 nitrogen and oxygen atoms in total. The number of nitrogens with two attached hydrogens (primary N) is 1. The largest absolute Gasteiger partial charge is 0.487 e. The van der Waals surface area contributed by atoms with E-state index in [1.165, 1.54) is 6.07 Å². The first-order valence-electron chi connectivity index (χ1n) is 9.94. The van der Waals surface area contributed by atoms with Gasteiger partial charge in [-0.05, 0) is 42.8 Å². The summed E-state index contributed by atoms with van der Waals surface area (Å²) in [5.74, 6) is 5.89. The molecule has 0 atom stereocenters. The minimum absolute atomic E-state index is 0.0814. The molecule has 0 aliphatic carbocycles. The molecule has 11 heteroatoms. The molecule has 168 valence electrons. The summed E-state index contributed by atoms with van der Waals surface area (Å²) < 4.78 is 39.3. The number of aliphatic imine (C=N–C) groups is 1. The molecule has 0 saturated heterocycles. The Morgan fingerprint density at radius 2 is 1.79 bits per heavy atom. The maximum Gasteiger partial charge on any atom is 0.295 e. The Balaban J connectivity index is 1.62. The van der Waals surface area contributed by atoms with Crippen molar-refractivity contribution >= 4 is 43.7 Å². The van der Waals surface area contributed by atoms with E-state index in [-0.39, 0.29) is 21.7 Å². The van der Waals surface area contributed by atoms with Gasteiger partial charge in [-0.3, -0.25) is 9.55 Å². The van der Waals surface area contributed by atoms with E-state index in [4.69, 9.17) is 10.6 Å². The van der Waals surface area contributed by atoms with Crippen LogP contribution in [0.1, 0.15) is 6.42 Å². The maximum absolute atomic E-state index is 11.9. The number of ether oxygens (including phenoxy) is 1. The van der Waals surface area contributed by atoms with Crippen molar-refractivity contribution in [2.45, 2.75) is 11.3 Å². The molecule has 0 spiro atoms. The minimum atomic E-state index is -4.52. The van der Waals surface area contributed by atoms with Gasteiger partial charge in [-0.1, -0.05) is 35.6 Å². The molecule has 0 radical (unpaired) electrons. The summed E-state index contributed by atoms with van der Waals surface area (Å²) in [6, 6.07) is 14.6. The van der Waals surface area contributed by atoms with Crippen LogP contribution in [0.25, 0.3) is 10.8 Å². The standard InChI is InChI=1S/C22H20N6O4S/c23-28-27-22-19-7-2-1-6-18(19)21(33(29,30)31)13-20(22)26-25-15-8-10-17(11-9-15)32-14-16-5-3-4-12-24-16/h1-3,5-11,13H,4,12,14H2,(H2,23,27)(H,29,30,31). The molecule has 4 rings (SSSR count). The van der Waals surface area contributed by atoms with Crippen LogP contribution in [0.3, 0.4) is 0 Å². The third-order valence-corrected chi connectivity index (χ3v) is 5.70. The first-order valence-corrected chi connectivity index (χ1v) is 11.4. The average molecular weight is 465 g/mol. The van der Waals surface area contributed by atoms with Crippen molar-refractivity contribution in [3.05, 3.63) is 66.7 Å². The predicted octanol–water partition coefficient (Wildman–Crippen LogP) is 5.24. The van der Waals surface area contributed by atoms with E-state index in [2.05, 4.69) is 31.6 Å². The SMILES string of the molecule is NN=Nc1c(N=Nc2ccc(OCC3=NCCC=C3)cc2)cc(S(=O)(=O)O)c2ccccc12. The predicted molar refractivity (Wildman–Crippen MR) is 125 cm³/mol. The average Bonchev–Trinajstić information content (AvgIpc) is 2.83. The lowest BCUT2D eigenvalue weighted by atomic mass is 10.1. The lowest BCUT2D eigenvalue weighted by Crippen LogP contribution is -2.11. The second kappa shape index (κ2) is 9.67. The smallest absolute Gasteiger partial charge is 0.295 e. The fourth-order valence-corrected chi connectivity index (χ4v) is 4.01. The summed E-state index contributed by atoms with van der Waals surface area (Å²) in [5.41, 5.74) is 1.69. The highest BCUT2D eigenvalue weighted by Gasteiger charge is 2.19. The molecule has 0 bridgehead atoms. The minimum Gasteiger partial charge on any atom is -0.487 e. The topological polar surface area (TPSA) is 151 Å². The fraction of sp³-hybridized carbons (Fsp3) is 0.136. The third-order valence-electron chi connectivity index (χ3n) is 4.81. The van der Waals surface area contributed by atoms with Crippen molar-refractivity contribution in [1.82, 2.24) is 0 Å². The molecule has 1 heterocycles. The molecular formula is C22H20N6O4S. The molecule has 3 aromatic carbocycles. The molecule has 0 aromatic heterocycles. The molecule has 0 fully saturated rings. The highest BCUT2D eigenvalue weighted by atomic mass is 32.2. The zero-order chi connectivity index (χ0) is 23.3. The first-order chi connectivity index (χ1) is 16.0. The van der Waals surface area contributed by atoms with Crippen LogP contribution >= 0.6 is 0 Å². The van der Waals surface area contributed by atoms with Gasteiger partial charge in [-0.15, -0.1) is 10.2 Å². The van der Waals surface area contributed by atoms with Crippen LogP contribution in [0.4, 0.5) is 17.1 Å². The summed E-state index contributed by atoms with van der Waals surface area (Å²) in [6.45, 7) is 1.15. The lowest BCUT2D eigenvalue weighted by Gasteiger charge is -2.09. The fourth-order valence-electron chi connectivity index (χ4n) is 3.29. The normalized spacial score (nSPS) is 14.3. The Kier molecular flexibility index (Phi) is 6.52. The van der Waals surface area contributed by atoms with Crippen LogP contribution in [-0.2, 0) is 10.1 Å². The molecular weight excluding hydrogens is 444 g/mol. The van der Waals surface area contributed by atoms with Gasteiger partial charge < -0.3 is 10.6 Å². The number of rotatable bonds is 7. The number of benzene rings is 3. The van der Waals surface area contributed by atoms with Gasteiger partial charge in [0.15, 0.2) is 0 Å². The second-order valence-electron chi connectivity index (χ2n) is 7.03. The Hall–Kier alpha value is -3.96. The Morgan fingerprint density at radius 3 is 2.45 bits per heavy atom. The molecule has 1 aliphatic heterocycles. The third kappa shape index (κ3) is 5.27. The summed E-state index contributed by atoms with van der Waals surface area (Å²) in [4.78, 5) is 4.07. The van der Waals surface area contributed by atoms with Crippen molar-refractivity contribution in [1.29, 1.82) is 0 Å². The summed E-state index contributed by atoms with van der Waals surface area (Å²) >= 11 is 0. The first kappa shape index (κ1) is 22.2. The van der Waals surface area contributed by atoms with Gasteiger partial charge in [0, 0.05) is 17.3 Å². The van der Waals surface area contributed by atoms with E-state index in [1.807, 2.05) is 6.08 Å². The molecule has 1 aliphatic rings. The van der Waals surface area contributed by atoms with Gasteiger partial charge in [0.05, 0.1) is 11.4 Å². The second-order valence-corrected chi connectivity index (χ2v) is 8.42. The maximum atomic E-state index is 11.9. The van der Waals surface area contributed by atoms with E-state index >= 15 is 0 Å². The monoisotopic (exact) mass is 464 g/mol. The number of hydrogen-bond donors (Lipinski definition) is 2. The van der Waals surface area contributed by atoms with Crippen molar-refractivity contribution in [3.63, 3.8) is 0 Å². The number of nitrogens with zero attached hydrogens (tertiary/aromatic N) is 5. The summed E-state index contributed by atoms with van der Waals surface area (Å²) in [7, 11) is -4.52. The lowest BCUT2D eigenvalue weighted by molar-refractivity contribution is 0.376. The quantitative estimate of drug-likeness (QED) is 0.212. The van der Waals surface area contributed by atoms with Gasteiger partial charge in [0.1, 0.15) is 28.6 Å². The van der Waals surface area contributed by atoms with E-state index in [0.29, 0.717) is 23.4 Å². The van der Waals surface area contributed by atoms with Crippen LogP contribution < -0.4 is 10.6 Å². The number of azo groups is 1. The van der Waals surface area contributed by atoms with E-state index in [0.717, 1.165) is 18.7 Å². The van der Waals surface area contributed by atoms with Crippen molar-refractivity contribution < 1.29 is 17.7 Å². The van der Waals surface area contributed by atoms with Gasteiger partial charge in [0.25, 0.3) is 10.1 Å². The van der Waals surface area contributed by atoms with Gasteiger partial charge in [-0.25, -0.2) is 0 Å². The number of hydrogen-bond acceptors (Lipinski definition) is 8. The van der Waals surface area contributed by atoms with E-state index < -0.39 is 10.1 Å². The molecule has 0 amide bonds. The van der Waals surface area contributed by atoms with Crippen LogP contribution in [-0.4, -0.2) is 31.8 Å². The van der Waals surface area contributed by atoms with Gasteiger partial charge in [-0.2, -0.15) is 13.5 Å². The van der Waals surface area contributed by atoms with Crippen molar-refractivity contribution in [2.75, 3.05) is 13.2 Å². The number of dihydropyridines is 1. The van der Waals surface area contributed by atoms with Gasteiger partial charge >= 0.3 is 0 Å². The number of fused-ring (bicyclic) bond motifs is 1.